The van der Waals surface area contributed by atoms with Crippen LogP contribution in [0.3, 0.4) is 0 Å². The van der Waals surface area contributed by atoms with E-state index in [9.17, 15) is 4.39 Å². The van der Waals surface area contributed by atoms with Crippen molar-refractivity contribution in [3.63, 3.8) is 0 Å². The summed E-state index contributed by atoms with van der Waals surface area (Å²) in [5.41, 5.74) is 6.44. The Balaban J connectivity index is 2.67. The van der Waals surface area contributed by atoms with Gasteiger partial charge in [-0.25, -0.2) is 4.39 Å². The third kappa shape index (κ3) is 2.97. The maximum absolute atomic E-state index is 13.3. The molecule has 0 atom stereocenters. The molecule has 3 N–H and O–H groups in total. The Kier molecular flexibility index (Phi) is 3.85. The predicted octanol–water partition coefficient (Wildman–Crippen LogP) is 0.832. The van der Waals surface area contributed by atoms with Gasteiger partial charge < -0.3 is 10.8 Å². The Labute approximate surface area is 83.0 Å². The van der Waals surface area contributed by atoms with E-state index in [2.05, 4.69) is 0 Å². The van der Waals surface area contributed by atoms with Crippen LogP contribution in [0.2, 0.25) is 0 Å². The Morgan fingerprint density at radius 2 is 2.21 bits per heavy atom. The maximum atomic E-state index is 13.3. The van der Waals surface area contributed by atoms with Crippen LogP contribution >= 0.6 is 0 Å². The van der Waals surface area contributed by atoms with Gasteiger partial charge in [-0.3, -0.25) is 4.90 Å². The van der Waals surface area contributed by atoms with E-state index < -0.39 is 0 Å². The molecule has 1 aromatic rings. The molecule has 1 rings (SSSR count). The summed E-state index contributed by atoms with van der Waals surface area (Å²) in [7, 11) is 1.83. The number of nitrogens with two attached hydrogens (primary N) is 1. The number of aliphatic hydroxyl groups is 1. The number of hydrogen-bond acceptors (Lipinski definition) is 3. The quantitative estimate of drug-likeness (QED) is 0.705. The molecule has 0 aliphatic rings. The van der Waals surface area contributed by atoms with E-state index in [1.54, 1.807) is 12.1 Å². The molecule has 0 heterocycles. The van der Waals surface area contributed by atoms with Crippen LogP contribution in [0.15, 0.2) is 18.2 Å². The fourth-order valence-electron chi connectivity index (χ4n) is 1.23. The van der Waals surface area contributed by atoms with E-state index in [0.29, 0.717) is 24.3 Å². The summed E-state index contributed by atoms with van der Waals surface area (Å²) in [5, 5.41) is 8.67. The number of anilines is 1. The van der Waals surface area contributed by atoms with E-state index in [1.807, 2.05) is 11.9 Å². The monoisotopic (exact) mass is 198 g/mol. The van der Waals surface area contributed by atoms with Crippen molar-refractivity contribution in [1.82, 2.24) is 4.90 Å². The van der Waals surface area contributed by atoms with Crippen molar-refractivity contribution in [3.8, 4) is 0 Å². The van der Waals surface area contributed by atoms with Crippen LogP contribution in [-0.4, -0.2) is 30.2 Å². The predicted molar refractivity (Wildman–Crippen MR) is 54.2 cm³/mol. The average molecular weight is 198 g/mol. The number of hydrogen-bond donors (Lipinski definition) is 2. The van der Waals surface area contributed by atoms with Gasteiger partial charge >= 0.3 is 0 Å². The van der Waals surface area contributed by atoms with Gasteiger partial charge in [-0.15, -0.1) is 0 Å². The highest BCUT2D eigenvalue weighted by atomic mass is 19.1. The van der Waals surface area contributed by atoms with E-state index in [4.69, 9.17) is 10.8 Å². The third-order valence-corrected chi connectivity index (χ3v) is 2.00. The Bertz CT molecular complexity index is 304. The first-order valence-corrected chi connectivity index (χ1v) is 4.47. The minimum Gasteiger partial charge on any atom is -0.399 e. The summed E-state index contributed by atoms with van der Waals surface area (Å²) < 4.78 is 13.3. The van der Waals surface area contributed by atoms with Crippen molar-refractivity contribution < 1.29 is 9.50 Å². The summed E-state index contributed by atoms with van der Waals surface area (Å²) >= 11 is 0. The lowest BCUT2D eigenvalue weighted by Crippen LogP contribution is -2.22. The van der Waals surface area contributed by atoms with Crippen LogP contribution in [-0.2, 0) is 6.54 Å². The van der Waals surface area contributed by atoms with Crippen molar-refractivity contribution in [2.75, 3.05) is 25.9 Å². The first-order chi connectivity index (χ1) is 6.63. The van der Waals surface area contributed by atoms with E-state index in [1.165, 1.54) is 6.07 Å². The van der Waals surface area contributed by atoms with Gasteiger partial charge in [-0.05, 0) is 19.2 Å². The molecule has 1 aromatic carbocycles. The molecule has 4 heteroatoms. The fraction of sp³-hybridized carbons (Fsp3) is 0.400. The molecule has 3 nitrogen and oxygen atoms in total. The van der Waals surface area contributed by atoms with Gasteiger partial charge in [0.25, 0.3) is 0 Å². The molecular formula is C10H15FN2O. The standard InChI is InChI=1S/C10H15FN2O/c1-13(4-5-14)7-8-2-3-9(12)6-10(8)11/h2-3,6,14H,4-5,7,12H2,1H3. The van der Waals surface area contributed by atoms with Crippen LogP contribution in [0.5, 0.6) is 0 Å². The normalized spacial score (nSPS) is 10.9. The molecule has 0 radical (unpaired) electrons. The molecule has 14 heavy (non-hydrogen) atoms. The van der Waals surface area contributed by atoms with Gasteiger partial charge in [0.1, 0.15) is 5.82 Å². The third-order valence-electron chi connectivity index (χ3n) is 2.00. The zero-order valence-corrected chi connectivity index (χ0v) is 8.20. The van der Waals surface area contributed by atoms with Crippen LogP contribution in [0.1, 0.15) is 5.56 Å². The summed E-state index contributed by atoms with van der Waals surface area (Å²) in [6, 6.07) is 4.64. The van der Waals surface area contributed by atoms with E-state index >= 15 is 0 Å². The number of rotatable bonds is 4. The Morgan fingerprint density at radius 1 is 1.50 bits per heavy atom. The van der Waals surface area contributed by atoms with Crippen LogP contribution in [0, 0.1) is 5.82 Å². The number of benzene rings is 1. The van der Waals surface area contributed by atoms with Gasteiger partial charge in [0, 0.05) is 24.3 Å². The zero-order valence-electron chi connectivity index (χ0n) is 8.20. The molecule has 78 valence electrons. The minimum atomic E-state index is -0.296. The average Bonchev–Trinajstić information content (AvgIpc) is 2.10. The zero-order chi connectivity index (χ0) is 10.6. The lowest BCUT2D eigenvalue weighted by molar-refractivity contribution is 0.216. The smallest absolute Gasteiger partial charge is 0.129 e. The number of aliphatic hydroxyl groups excluding tert-OH is 1. The van der Waals surface area contributed by atoms with Gasteiger partial charge in [0.15, 0.2) is 0 Å². The Hall–Kier alpha value is -1.13. The summed E-state index contributed by atoms with van der Waals surface area (Å²) in [5.74, 6) is -0.296. The fourth-order valence-corrected chi connectivity index (χ4v) is 1.23. The highest BCUT2D eigenvalue weighted by molar-refractivity contribution is 5.40. The van der Waals surface area contributed by atoms with E-state index in [-0.39, 0.29) is 12.4 Å². The minimum absolute atomic E-state index is 0.0765. The summed E-state index contributed by atoms with van der Waals surface area (Å²) in [6.45, 7) is 1.09. The highest BCUT2D eigenvalue weighted by Crippen LogP contribution is 2.13. The maximum Gasteiger partial charge on any atom is 0.129 e. The van der Waals surface area contributed by atoms with Gasteiger partial charge in [0.05, 0.1) is 6.61 Å². The highest BCUT2D eigenvalue weighted by Gasteiger charge is 2.05. The lowest BCUT2D eigenvalue weighted by Gasteiger charge is -2.15. The second-order valence-corrected chi connectivity index (χ2v) is 3.31. The van der Waals surface area contributed by atoms with E-state index in [0.717, 1.165) is 0 Å². The molecule has 0 aliphatic carbocycles. The molecule has 0 aliphatic heterocycles. The number of nitrogen functional groups attached to an aromatic ring is 1. The molecule has 0 aromatic heterocycles. The van der Waals surface area contributed by atoms with Crippen LogP contribution < -0.4 is 5.73 Å². The van der Waals surface area contributed by atoms with Gasteiger partial charge in [0.2, 0.25) is 0 Å². The van der Waals surface area contributed by atoms with Gasteiger partial charge in [-0.1, -0.05) is 6.07 Å². The SMILES string of the molecule is CN(CCO)Cc1ccc(N)cc1F. The van der Waals surface area contributed by atoms with Crippen molar-refractivity contribution >= 4 is 5.69 Å². The molecule has 0 fully saturated rings. The molecule has 0 saturated carbocycles. The molecule has 0 saturated heterocycles. The second kappa shape index (κ2) is 4.93. The summed E-state index contributed by atoms with van der Waals surface area (Å²) in [6.07, 6.45) is 0. The van der Waals surface area contributed by atoms with Crippen LogP contribution in [0.4, 0.5) is 10.1 Å². The number of halogens is 1. The topological polar surface area (TPSA) is 49.5 Å². The van der Waals surface area contributed by atoms with Crippen molar-refractivity contribution in [2.45, 2.75) is 6.54 Å². The first kappa shape index (κ1) is 10.9. The summed E-state index contributed by atoms with van der Waals surface area (Å²) in [4.78, 5) is 1.84. The second-order valence-electron chi connectivity index (χ2n) is 3.31. The number of likely N-dealkylation sites (N-methyl/N-ethyl adjacent to an activating group) is 1. The first-order valence-electron chi connectivity index (χ1n) is 4.47. The number of nitrogens with zero attached hydrogens (tertiary/aromatic N) is 1. The Morgan fingerprint density at radius 3 is 2.79 bits per heavy atom. The molecule has 0 amide bonds. The van der Waals surface area contributed by atoms with Crippen molar-refractivity contribution in [1.29, 1.82) is 0 Å². The van der Waals surface area contributed by atoms with Crippen molar-refractivity contribution in [3.05, 3.63) is 29.6 Å². The van der Waals surface area contributed by atoms with Crippen LogP contribution in [0.25, 0.3) is 0 Å². The largest absolute Gasteiger partial charge is 0.399 e. The lowest BCUT2D eigenvalue weighted by atomic mass is 10.2. The molecule has 0 spiro atoms. The van der Waals surface area contributed by atoms with Gasteiger partial charge in [-0.2, -0.15) is 0 Å². The van der Waals surface area contributed by atoms with Crippen molar-refractivity contribution in [2.24, 2.45) is 0 Å². The molecular weight excluding hydrogens is 183 g/mol. The molecule has 0 unspecified atom stereocenters. The molecule has 0 bridgehead atoms.